The molecule has 0 spiro atoms. The van der Waals surface area contributed by atoms with Crippen molar-refractivity contribution >= 4 is 27.3 Å². The first-order chi connectivity index (χ1) is 15.3. The Morgan fingerprint density at radius 3 is 2.31 bits per heavy atom. The van der Waals surface area contributed by atoms with Crippen LogP contribution in [-0.2, 0) is 24.8 Å². The molecule has 2 aromatic carbocycles. The third kappa shape index (κ3) is 4.18. The van der Waals surface area contributed by atoms with Gasteiger partial charge in [-0.2, -0.15) is 0 Å². The van der Waals surface area contributed by atoms with Crippen molar-refractivity contribution in [2.75, 3.05) is 19.8 Å². The fourth-order valence-electron chi connectivity index (χ4n) is 4.96. The highest BCUT2D eigenvalue weighted by Crippen LogP contribution is 2.42. The Balaban J connectivity index is 1.62. The van der Waals surface area contributed by atoms with Gasteiger partial charge in [0.15, 0.2) is 14.6 Å². The molecule has 0 aromatic heterocycles. The van der Waals surface area contributed by atoms with Crippen molar-refractivity contribution in [1.82, 2.24) is 5.32 Å². The fraction of sp³-hybridized carbons (Fsp3) is 0.458. The quantitative estimate of drug-likeness (QED) is 0.665. The van der Waals surface area contributed by atoms with Crippen LogP contribution in [0.15, 0.2) is 53.4 Å². The lowest BCUT2D eigenvalue weighted by Crippen LogP contribution is -2.54. The second-order valence-electron chi connectivity index (χ2n) is 8.74. The summed E-state index contributed by atoms with van der Waals surface area (Å²) in [6, 6.07) is 12.4. The molecule has 1 saturated heterocycles. The van der Waals surface area contributed by atoms with Gasteiger partial charge in [0.2, 0.25) is 5.91 Å². The number of carbonyl (C=O) groups is 1. The van der Waals surface area contributed by atoms with Gasteiger partial charge in [-0.3, -0.25) is 4.79 Å². The number of amides is 1. The Bertz CT molecular complexity index is 1080. The summed E-state index contributed by atoms with van der Waals surface area (Å²) >= 11 is 5.93. The number of carbonyl (C=O) groups excluding carboxylic acids is 1. The molecule has 0 radical (unpaired) electrons. The molecule has 32 heavy (non-hydrogen) atoms. The molecule has 172 valence electrons. The highest BCUT2D eigenvalue weighted by molar-refractivity contribution is 7.93. The van der Waals surface area contributed by atoms with Gasteiger partial charge in [0, 0.05) is 30.2 Å². The van der Waals surface area contributed by atoms with Gasteiger partial charge in [-0.05, 0) is 67.6 Å². The maximum Gasteiger partial charge on any atom is 0.241 e. The Hall–Kier alpha value is -1.96. The van der Waals surface area contributed by atoms with E-state index in [1.807, 2.05) is 6.07 Å². The molecule has 1 saturated carbocycles. The van der Waals surface area contributed by atoms with Crippen LogP contribution < -0.4 is 5.32 Å². The number of hydrogen-bond acceptors (Lipinski definition) is 4. The molecular weight excluding hydrogens is 453 g/mol. The molecule has 8 heteroatoms. The fourth-order valence-corrected chi connectivity index (χ4v) is 7.18. The van der Waals surface area contributed by atoms with Gasteiger partial charge < -0.3 is 10.1 Å². The minimum atomic E-state index is -3.92. The van der Waals surface area contributed by atoms with Gasteiger partial charge >= 0.3 is 0 Å². The van der Waals surface area contributed by atoms with E-state index in [1.165, 1.54) is 36.4 Å². The minimum absolute atomic E-state index is 0.102. The van der Waals surface area contributed by atoms with Gasteiger partial charge in [0.25, 0.3) is 0 Å². The highest BCUT2D eigenvalue weighted by Gasteiger charge is 2.53. The average Bonchev–Trinajstić information content (AvgIpc) is 3.30. The van der Waals surface area contributed by atoms with Crippen LogP contribution in [0.3, 0.4) is 0 Å². The van der Waals surface area contributed by atoms with Crippen molar-refractivity contribution in [2.45, 2.75) is 53.6 Å². The van der Waals surface area contributed by atoms with Crippen LogP contribution >= 0.6 is 11.6 Å². The number of ether oxygens (including phenoxy) is 1. The molecule has 2 fully saturated rings. The summed E-state index contributed by atoms with van der Waals surface area (Å²) in [4.78, 5) is 13.6. The normalized spacial score (nSPS) is 20.1. The molecule has 2 aliphatic rings. The molecular formula is C24H27ClFNO4S. The topological polar surface area (TPSA) is 72.5 Å². The molecule has 1 heterocycles. The van der Waals surface area contributed by atoms with E-state index in [4.69, 9.17) is 16.3 Å². The number of halogens is 2. The van der Waals surface area contributed by atoms with E-state index in [-0.39, 0.29) is 30.1 Å². The molecule has 5 nitrogen and oxygen atoms in total. The van der Waals surface area contributed by atoms with Crippen LogP contribution in [0, 0.1) is 5.82 Å². The molecule has 2 aromatic rings. The maximum absolute atomic E-state index is 14.0. The average molecular weight is 480 g/mol. The summed E-state index contributed by atoms with van der Waals surface area (Å²) in [5, 5.41) is 3.39. The number of sulfone groups is 1. The monoisotopic (exact) mass is 479 g/mol. The molecule has 1 aliphatic carbocycles. The standard InChI is InChI=1S/C24H27ClFNO4S/c25-19-6-8-21(9-7-19)32(29,30)24(10-1-2-11-24)22(28)27-17-23(12-14-31-15-13-23)18-4-3-5-20(26)16-18/h3-9,16H,1-2,10-15,17H2,(H,27,28). The van der Waals surface area contributed by atoms with E-state index in [0.29, 0.717) is 43.9 Å². The lowest BCUT2D eigenvalue weighted by molar-refractivity contribution is -0.124. The Morgan fingerprint density at radius 2 is 1.69 bits per heavy atom. The van der Waals surface area contributed by atoms with Crippen LogP contribution in [-0.4, -0.2) is 38.8 Å². The van der Waals surface area contributed by atoms with Crippen molar-refractivity contribution in [2.24, 2.45) is 0 Å². The van der Waals surface area contributed by atoms with Gasteiger partial charge in [-0.25, -0.2) is 12.8 Å². The van der Waals surface area contributed by atoms with Crippen molar-refractivity contribution in [3.8, 4) is 0 Å². The Kier molecular flexibility index (Phi) is 6.61. The summed E-state index contributed by atoms with van der Waals surface area (Å²) in [5.41, 5.74) is 0.293. The molecule has 4 rings (SSSR count). The second-order valence-corrected chi connectivity index (χ2v) is 11.4. The molecule has 0 bridgehead atoms. The molecule has 0 atom stereocenters. The number of nitrogens with one attached hydrogen (secondary N) is 1. The maximum atomic E-state index is 14.0. The van der Waals surface area contributed by atoms with E-state index in [9.17, 15) is 17.6 Å². The van der Waals surface area contributed by atoms with E-state index >= 15 is 0 Å². The predicted octanol–water partition coefficient (Wildman–Crippen LogP) is 4.43. The molecule has 1 aliphatic heterocycles. The summed E-state index contributed by atoms with van der Waals surface area (Å²) in [5.74, 6) is -0.815. The molecule has 1 amide bonds. The van der Waals surface area contributed by atoms with E-state index < -0.39 is 25.9 Å². The van der Waals surface area contributed by atoms with Crippen LogP contribution in [0.4, 0.5) is 4.39 Å². The third-order valence-electron chi connectivity index (χ3n) is 6.94. The van der Waals surface area contributed by atoms with Crippen molar-refractivity contribution in [3.05, 3.63) is 64.9 Å². The molecule has 1 N–H and O–H groups in total. The summed E-state index contributed by atoms with van der Waals surface area (Å²) in [6.07, 6.45) is 3.13. The zero-order valence-corrected chi connectivity index (χ0v) is 19.4. The van der Waals surface area contributed by atoms with Gasteiger partial charge in [-0.15, -0.1) is 0 Å². The highest BCUT2D eigenvalue weighted by atomic mass is 35.5. The second kappa shape index (κ2) is 9.12. The van der Waals surface area contributed by atoms with Crippen molar-refractivity contribution in [3.63, 3.8) is 0 Å². The zero-order chi connectivity index (χ0) is 22.8. The third-order valence-corrected chi connectivity index (χ3v) is 9.70. The SMILES string of the molecule is O=C(NCC1(c2cccc(F)c2)CCOCC1)C1(S(=O)(=O)c2ccc(Cl)cc2)CCCC1. The van der Waals surface area contributed by atoms with Crippen LogP contribution in [0.25, 0.3) is 0 Å². The van der Waals surface area contributed by atoms with E-state index in [2.05, 4.69) is 5.32 Å². The minimum Gasteiger partial charge on any atom is -0.381 e. The summed E-state index contributed by atoms with van der Waals surface area (Å²) in [7, 11) is -3.92. The first-order valence-electron chi connectivity index (χ1n) is 10.9. The lowest BCUT2D eigenvalue weighted by atomic mass is 9.74. The number of rotatable bonds is 6. The summed E-state index contributed by atoms with van der Waals surface area (Å²) < 4.78 is 45.1. The first kappa shape index (κ1) is 23.2. The zero-order valence-electron chi connectivity index (χ0n) is 17.8. The molecule has 0 unspecified atom stereocenters. The largest absolute Gasteiger partial charge is 0.381 e. The summed E-state index contributed by atoms with van der Waals surface area (Å²) in [6.45, 7) is 1.23. The van der Waals surface area contributed by atoms with Crippen LogP contribution in [0.2, 0.25) is 5.02 Å². The Morgan fingerprint density at radius 1 is 1.03 bits per heavy atom. The van der Waals surface area contributed by atoms with Crippen molar-refractivity contribution < 1.29 is 22.3 Å². The van der Waals surface area contributed by atoms with Crippen molar-refractivity contribution in [1.29, 1.82) is 0 Å². The lowest BCUT2D eigenvalue weighted by Gasteiger charge is -2.39. The van der Waals surface area contributed by atoms with Gasteiger partial charge in [0.05, 0.1) is 4.90 Å². The Labute approximate surface area is 193 Å². The van der Waals surface area contributed by atoms with Gasteiger partial charge in [0.1, 0.15) is 5.82 Å². The number of hydrogen-bond donors (Lipinski definition) is 1. The number of benzene rings is 2. The van der Waals surface area contributed by atoms with Crippen LogP contribution in [0.1, 0.15) is 44.1 Å². The van der Waals surface area contributed by atoms with E-state index in [0.717, 1.165) is 5.56 Å². The van der Waals surface area contributed by atoms with Gasteiger partial charge in [-0.1, -0.05) is 36.6 Å². The van der Waals surface area contributed by atoms with Crippen LogP contribution in [0.5, 0.6) is 0 Å². The first-order valence-corrected chi connectivity index (χ1v) is 12.8. The smallest absolute Gasteiger partial charge is 0.241 e. The predicted molar refractivity (Wildman–Crippen MR) is 121 cm³/mol. The van der Waals surface area contributed by atoms with E-state index in [1.54, 1.807) is 6.07 Å².